The van der Waals surface area contributed by atoms with Gasteiger partial charge in [0, 0.05) is 11.1 Å². The number of nitrogens with zero attached hydrogens (tertiary/aromatic N) is 1. The summed E-state index contributed by atoms with van der Waals surface area (Å²) < 4.78 is 29.3. The molecule has 2 aromatic carbocycles. The molecule has 0 amide bonds. The normalized spacial score (nSPS) is 12.8. The Morgan fingerprint density at radius 1 is 1.19 bits per heavy atom. The molecule has 1 unspecified atom stereocenters. The minimum atomic E-state index is -0.654. The van der Waals surface area contributed by atoms with E-state index in [4.69, 9.17) is 23.8 Å². The van der Waals surface area contributed by atoms with E-state index in [0.717, 1.165) is 11.6 Å². The molecule has 108 valence electrons. The predicted octanol–water partition coefficient (Wildman–Crippen LogP) is 5.24. The number of nitrogens with one attached hydrogen (secondary N) is 1. The van der Waals surface area contributed by atoms with Gasteiger partial charge in [0.1, 0.15) is 11.3 Å². The summed E-state index contributed by atoms with van der Waals surface area (Å²) in [5.74, 6) is -1.29. The molecule has 0 bridgehead atoms. The number of benzene rings is 2. The second-order valence-electron chi connectivity index (χ2n) is 4.81. The van der Waals surface area contributed by atoms with E-state index in [-0.39, 0.29) is 11.6 Å². The van der Waals surface area contributed by atoms with Crippen molar-refractivity contribution in [2.45, 2.75) is 13.0 Å². The quantitative estimate of drug-likeness (QED) is 0.639. The van der Waals surface area contributed by atoms with Crippen molar-refractivity contribution in [3.63, 3.8) is 0 Å². The van der Waals surface area contributed by atoms with Crippen LogP contribution in [-0.4, -0.2) is 9.55 Å². The number of aromatic amines is 1. The number of H-pyrrole nitrogens is 1. The molecule has 1 aromatic heterocycles. The van der Waals surface area contributed by atoms with Gasteiger partial charge in [-0.25, -0.2) is 8.78 Å². The summed E-state index contributed by atoms with van der Waals surface area (Å²) in [6.07, 6.45) is 0. The summed E-state index contributed by atoms with van der Waals surface area (Å²) in [7, 11) is 0. The maximum absolute atomic E-state index is 13.8. The topological polar surface area (TPSA) is 20.7 Å². The second-order valence-corrected chi connectivity index (χ2v) is 5.63. The zero-order valence-electron chi connectivity index (χ0n) is 11.0. The molecule has 1 heterocycles. The van der Waals surface area contributed by atoms with Gasteiger partial charge >= 0.3 is 0 Å². The molecule has 1 atom stereocenters. The van der Waals surface area contributed by atoms with Crippen molar-refractivity contribution in [2.24, 2.45) is 0 Å². The largest absolute Gasteiger partial charge is 0.328 e. The Kier molecular flexibility index (Phi) is 3.55. The van der Waals surface area contributed by atoms with Crippen molar-refractivity contribution in [3.8, 4) is 0 Å². The van der Waals surface area contributed by atoms with Crippen LogP contribution in [0.5, 0.6) is 0 Å². The fraction of sp³-hybridized carbons (Fsp3) is 0.133. The van der Waals surface area contributed by atoms with Gasteiger partial charge in [-0.15, -0.1) is 0 Å². The standard InChI is InChI=1S/C15H11ClF2N2S/c1-8(9-2-4-10(16)5-3-9)20-13-7-11(17)6-12(18)14(13)19-15(20)21/h2-8H,1H3,(H,19,21). The summed E-state index contributed by atoms with van der Waals surface area (Å²) in [6.45, 7) is 1.91. The molecule has 0 radical (unpaired) electrons. The number of fused-ring (bicyclic) bond motifs is 1. The zero-order valence-corrected chi connectivity index (χ0v) is 12.6. The lowest BCUT2D eigenvalue weighted by Gasteiger charge is -2.15. The Labute approximate surface area is 130 Å². The summed E-state index contributed by atoms with van der Waals surface area (Å²) in [5.41, 5.74) is 1.56. The highest BCUT2D eigenvalue weighted by atomic mass is 35.5. The fourth-order valence-electron chi connectivity index (χ4n) is 2.43. The van der Waals surface area contributed by atoms with Crippen molar-refractivity contribution in [1.82, 2.24) is 9.55 Å². The van der Waals surface area contributed by atoms with Gasteiger partial charge in [-0.1, -0.05) is 23.7 Å². The van der Waals surface area contributed by atoms with Crippen molar-refractivity contribution in [1.29, 1.82) is 0 Å². The highest BCUT2D eigenvalue weighted by Crippen LogP contribution is 2.27. The number of aromatic nitrogens is 2. The number of hydrogen-bond acceptors (Lipinski definition) is 1. The third-order valence-corrected chi connectivity index (χ3v) is 4.03. The van der Waals surface area contributed by atoms with Gasteiger partial charge in [0.15, 0.2) is 10.6 Å². The van der Waals surface area contributed by atoms with E-state index in [1.165, 1.54) is 6.07 Å². The molecule has 2 nitrogen and oxygen atoms in total. The maximum atomic E-state index is 13.8. The van der Waals surface area contributed by atoms with E-state index in [1.807, 2.05) is 19.1 Å². The molecule has 3 rings (SSSR count). The smallest absolute Gasteiger partial charge is 0.178 e. The Morgan fingerprint density at radius 2 is 1.86 bits per heavy atom. The van der Waals surface area contributed by atoms with Crippen LogP contribution in [0.3, 0.4) is 0 Å². The van der Waals surface area contributed by atoms with E-state index >= 15 is 0 Å². The van der Waals surface area contributed by atoms with E-state index in [1.54, 1.807) is 16.7 Å². The number of imidazole rings is 1. The predicted molar refractivity (Wildman–Crippen MR) is 82.3 cm³/mol. The molecule has 1 N–H and O–H groups in total. The van der Waals surface area contributed by atoms with Crippen LogP contribution >= 0.6 is 23.8 Å². The van der Waals surface area contributed by atoms with Gasteiger partial charge in [-0.2, -0.15) is 0 Å². The summed E-state index contributed by atoms with van der Waals surface area (Å²) >= 11 is 11.1. The average molecular weight is 325 g/mol. The van der Waals surface area contributed by atoms with Crippen molar-refractivity contribution in [3.05, 3.63) is 63.4 Å². The van der Waals surface area contributed by atoms with Crippen LogP contribution in [0.15, 0.2) is 36.4 Å². The first-order valence-corrected chi connectivity index (χ1v) is 7.10. The first-order valence-electron chi connectivity index (χ1n) is 6.32. The lowest BCUT2D eigenvalue weighted by Crippen LogP contribution is -2.06. The van der Waals surface area contributed by atoms with Crippen molar-refractivity contribution >= 4 is 34.9 Å². The third-order valence-electron chi connectivity index (χ3n) is 3.48. The molecule has 0 fully saturated rings. The fourth-order valence-corrected chi connectivity index (χ4v) is 2.91. The lowest BCUT2D eigenvalue weighted by atomic mass is 10.1. The Balaban J connectivity index is 2.22. The Hall–Kier alpha value is -1.72. The van der Waals surface area contributed by atoms with E-state index in [2.05, 4.69) is 4.98 Å². The van der Waals surface area contributed by atoms with Crippen LogP contribution < -0.4 is 0 Å². The molecule has 0 saturated heterocycles. The maximum Gasteiger partial charge on any atom is 0.178 e. The van der Waals surface area contributed by atoms with Gasteiger partial charge in [0.05, 0.1) is 11.6 Å². The average Bonchev–Trinajstić information content (AvgIpc) is 2.75. The molecular weight excluding hydrogens is 314 g/mol. The number of halogens is 3. The van der Waals surface area contributed by atoms with Gasteiger partial charge in [0.2, 0.25) is 0 Å². The molecule has 21 heavy (non-hydrogen) atoms. The van der Waals surface area contributed by atoms with E-state index in [0.29, 0.717) is 15.3 Å². The van der Waals surface area contributed by atoms with Crippen LogP contribution in [0.25, 0.3) is 11.0 Å². The van der Waals surface area contributed by atoms with Gasteiger partial charge in [-0.05, 0) is 42.9 Å². The van der Waals surface area contributed by atoms with Gasteiger partial charge < -0.3 is 9.55 Å². The van der Waals surface area contributed by atoms with Gasteiger partial charge in [0.25, 0.3) is 0 Å². The molecule has 0 saturated carbocycles. The second kappa shape index (κ2) is 5.24. The number of hydrogen-bond donors (Lipinski definition) is 1. The SMILES string of the molecule is CC(c1ccc(Cl)cc1)n1c(=S)[nH]c2c(F)cc(F)cc21. The van der Waals surface area contributed by atoms with Crippen molar-refractivity contribution in [2.75, 3.05) is 0 Å². The summed E-state index contributed by atoms with van der Waals surface area (Å²) in [4.78, 5) is 2.79. The molecule has 6 heteroatoms. The van der Waals surface area contributed by atoms with Crippen molar-refractivity contribution < 1.29 is 8.78 Å². The Bertz CT molecular complexity index is 868. The molecular formula is C15H11ClF2N2S. The molecule has 3 aromatic rings. The molecule has 0 aliphatic heterocycles. The van der Waals surface area contributed by atoms with E-state index in [9.17, 15) is 8.78 Å². The monoisotopic (exact) mass is 324 g/mol. The molecule has 0 aliphatic rings. The molecule has 0 aliphatic carbocycles. The van der Waals surface area contributed by atoms with Crippen LogP contribution in [0.2, 0.25) is 5.02 Å². The lowest BCUT2D eigenvalue weighted by molar-refractivity contribution is 0.588. The highest BCUT2D eigenvalue weighted by Gasteiger charge is 2.16. The van der Waals surface area contributed by atoms with Crippen LogP contribution in [0.1, 0.15) is 18.5 Å². The first-order chi connectivity index (χ1) is 9.97. The zero-order chi connectivity index (χ0) is 15.1. The van der Waals surface area contributed by atoms with Crippen LogP contribution in [0, 0.1) is 16.4 Å². The summed E-state index contributed by atoms with van der Waals surface area (Å²) in [5, 5.41) is 0.630. The van der Waals surface area contributed by atoms with E-state index < -0.39 is 11.6 Å². The minimum absolute atomic E-state index is 0.176. The first kappa shape index (κ1) is 14.2. The summed E-state index contributed by atoms with van der Waals surface area (Å²) in [6, 6.07) is 9.21. The minimum Gasteiger partial charge on any atom is -0.328 e. The van der Waals surface area contributed by atoms with Crippen LogP contribution in [-0.2, 0) is 0 Å². The van der Waals surface area contributed by atoms with Gasteiger partial charge in [-0.3, -0.25) is 0 Å². The third kappa shape index (κ3) is 2.47. The molecule has 0 spiro atoms. The van der Waals surface area contributed by atoms with Crippen LogP contribution in [0.4, 0.5) is 8.78 Å². The highest BCUT2D eigenvalue weighted by molar-refractivity contribution is 7.71. The Morgan fingerprint density at radius 3 is 2.52 bits per heavy atom. The number of rotatable bonds is 2.